The number of amides is 2. The van der Waals surface area contributed by atoms with Gasteiger partial charge in [0.2, 0.25) is 5.82 Å². The van der Waals surface area contributed by atoms with Crippen LogP contribution in [-0.2, 0) is 0 Å². The highest BCUT2D eigenvalue weighted by molar-refractivity contribution is 5.99. The number of anilines is 2. The molecule has 3 rings (SSSR count). The molecule has 0 atom stereocenters. The number of nitrogens with zero attached hydrogens (tertiary/aromatic N) is 2. The molecule has 3 aromatic rings. The molecule has 0 spiro atoms. The van der Waals surface area contributed by atoms with Gasteiger partial charge in [-0.15, -0.1) is 0 Å². The molecule has 9 heteroatoms. The minimum absolute atomic E-state index is 0.265. The Bertz CT molecular complexity index is 1020. The molecule has 132 valence electrons. The molecule has 6 nitrogen and oxygen atoms in total. The highest BCUT2D eigenvalue weighted by Gasteiger charge is 2.12. The van der Waals surface area contributed by atoms with Crippen LogP contribution in [0.5, 0.6) is 0 Å². The monoisotopic (exact) mass is 360 g/mol. The van der Waals surface area contributed by atoms with E-state index in [-0.39, 0.29) is 11.5 Å². The Labute approximate surface area is 144 Å². The minimum Gasteiger partial charge on any atom is -0.305 e. The zero-order valence-electron chi connectivity index (χ0n) is 13.0. The molecule has 0 aliphatic carbocycles. The van der Waals surface area contributed by atoms with E-state index >= 15 is 0 Å². The molecule has 0 unspecified atom stereocenters. The van der Waals surface area contributed by atoms with E-state index in [2.05, 4.69) is 15.6 Å². The Morgan fingerprint density at radius 1 is 0.962 bits per heavy atom. The predicted octanol–water partition coefficient (Wildman–Crippen LogP) is 3.29. The van der Waals surface area contributed by atoms with Crippen LogP contribution in [0, 0.1) is 17.5 Å². The van der Waals surface area contributed by atoms with Gasteiger partial charge in [-0.1, -0.05) is 0 Å². The second-order valence-corrected chi connectivity index (χ2v) is 5.13. The van der Waals surface area contributed by atoms with Crippen molar-refractivity contribution in [1.29, 1.82) is 0 Å². The van der Waals surface area contributed by atoms with Gasteiger partial charge in [0.25, 0.3) is 5.56 Å². The molecule has 0 bridgehead atoms. The quantitative estimate of drug-likeness (QED) is 0.753. The summed E-state index contributed by atoms with van der Waals surface area (Å²) in [5, 5.41) is 4.34. The van der Waals surface area contributed by atoms with E-state index in [1.54, 1.807) is 0 Å². The zero-order chi connectivity index (χ0) is 18.7. The summed E-state index contributed by atoms with van der Waals surface area (Å²) in [6.07, 6.45) is 2.61. The first-order valence-corrected chi connectivity index (χ1v) is 7.31. The Hall–Kier alpha value is -3.62. The number of benzene rings is 2. The summed E-state index contributed by atoms with van der Waals surface area (Å²) < 4.78 is 40.6. The third-order valence-corrected chi connectivity index (χ3v) is 3.36. The summed E-state index contributed by atoms with van der Waals surface area (Å²) in [6.45, 7) is 0. The maximum atomic E-state index is 13.6. The number of aromatic nitrogens is 2. The van der Waals surface area contributed by atoms with Crippen LogP contribution in [0.15, 0.2) is 59.7 Å². The standard InChI is InChI=1S/C17H11F3N4O2/c18-10-1-4-12(5-2-10)24-8-7-21-15(16(24)25)23-17(26)22-14-6-3-11(19)9-13(14)20/h1-9H,(H2,21,22,23,26). The Morgan fingerprint density at radius 2 is 1.65 bits per heavy atom. The molecule has 1 heterocycles. The number of carbonyl (C=O) groups is 1. The highest BCUT2D eigenvalue weighted by atomic mass is 19.1. The van der Waals surface area contributed by atoms with E-state index in [9.17, 15) is 22.8 Å². The van der Waals surface area contributed by atoms with E-state index in [4.69, 9.17) is 0 Å². The lowest BCUT2D eigenvalue weighted by Crippen LogP contribution is -2.28. The molecule has 1 aromatic heterocycles. The van der Waals surface area contributed by atoms with Crippen LogP contribution in [0.1, 0.15) is 0 Å². The topological polar surface area (TPSA) is 76.0 Å². The highest BCUT2D eigenvalue weighted by Crippen LogP contribution is 2.15. The predicted molar refractivity (Wildman–Crippen MR) is 88.8 cm³/mol. The van der Waals surface area contributed by atoms with Gasteiger partial charge in [-0.25, -0.2) is 22.9 Å². The number of hydrogen-bond donors (Lipinski definition) is 2. The number of nitrogens with one attached hydrogen (secondary N) is 2. The van der Waals surface area contributed by atoms with E-state index in [0.717, 1.165) is 16.7 Å². The molecule has 0 saturated heterocycles. The SMILES string of the molecule is O=C(Nc1ccc(F)cc1F)Nc1nccn(-c2ccc(F)cc2)c1=O. The average molecular weight is 360 g/mol. The fourth-order valence-electron chi connectivity index (χ4n) is 2.15. The molecular formula is C17H11F3N4O2. The number of halogens is 3. The smallest absolute Gasteiger partial charge is 0.305 e. The maximum Gasteiger partial charge on any atom is 0.325 e. The summed E-state index contributed by atoms with van der Waals surface area (Å²) in [6, 6.07) is 6.82. The summed E-state index contributed by atoms with van der Waals surface area (Å²) in [4.78, 5) is 28.1. The molecule has 0 aliphatic heterocycles. The average Bonchev–Trinajstić information content (AvgIpc) is 2.60. The molecule has 0 saturated carbocycles. The molecular weight excluding hydrogens is 349 g/mol. The Kier molecular flexibility index (Phi) is 4.70. The van der Waals surface area contributed by atoms with E-state index in [1.165, 1.54) is 36.7 Å². The van der Waals surface area contributed by atoms with E-state index in [0.29, 0.717) is 11.8 Å². The molecule has 0 fully saturated rings. The third kappa shape index (κ3) is 3.72. The van der Waals surface area contributed by atoms with E-state index < -0.39 is 29.0 Å². The summed E-state index contributed by atoms with van der Waals surface area (Å²) in [7, 11) is 0. The first-order chi connectivity index (χ1) is 12.4. The van der Waals surface area contributed by atoms with Crippen molar-refractivity contribution in [3.63, 3.8) is 0 Å². The zero-order valence-corrected chi connectivity index (χ0v) is 13.0. The molecule has 2 aromatic carbocycles. The lowest BCUT2D eigenvalue weighted by molar-refractivity contribution is 0.262. The van der Waals surface area contributed by atoms with Crippen LogP contribution in [0.4, 0.5) is 29.5 Å². The van der Waals surface area contributed by atoms with Crippen LogP contribution >= 0.6 is 0 Å². The van der Waals surface area contributed by atoms with Gasteiger partial charge in [-0.3, -0.25) is 14.7 Å². The molecule has 26 heavy (non-hydrogen) atoms. The van der Waals surface area contributed by atoms with Gasteiger partial charge < -0.3 is 5.32 Å². The molecule has 2 amide bonds. The number of rotatable bonds is 3. The van der Waals surface area contributed by atoms with Crippen LogP contribution < -0.4 is 16.2 Å². The molecule has 0 aliphatic rings. The molecule has 2 N–H and O–H groups in total. The largest absolute Gasteiger partial charge is 0.325 e. The third-order valence-electron chi connectivity index (χ3n) is 3.36. The van der Waals surface area contributed by atoms with Crippen molar-refractivity contribution in [2.24, 2.45) is 0 Å². The lowest BCUT2D eigenvalue weighted by atomic mass is 10.3. The summed E-state index contributed by atoms with van der Waals surface area (Å²) >= 11 is 0. The summed E-state index contributed by atoms with van der Waals surface area (Å²) in [5.41, 5.74) is -0.570. The van der Waals surface area contributed by atoms with Crippen LogP contribution in [0.2, 0.25) is 0 Å². The number of hydrogen-bond acceptors (Lipinski definition) is 3. The first kappa shape index (κ1) is 17.2. The number of carbonyl (C=O) groups excluding carboxylic acids is 1. The molecule has 0 radical (unpaired) electrons. The second-order valence-electron chi connectivity index (χ2n) is 5.13. The normalized spacial score (nSPS) is 10.4. The summed E-state index contributed by atoms with van der Waals surface area (Å²) in [5.74, 6) is -2.54. The van der Waals surface area contributed by atoms with Crippen LogP contribution in [-0.4, -0.2) is 15.6 Å². The van der Waals surface area contributed by atoms with Gasteiger partial charge in [-0.05, 0) is 36.4 Å². The van der Waals surface area contributed by atoms with Crippen molar-refractivity contribution in [1.82, 2.24) is 9.55 Å². The van der Waals surface area contributed by atoms with Crippen molar-refractivity contribution in [2.45, 2.75) is 0 Å². The van der Waals surface area contributed by atoms with Gasteiger partial charge in [0.05, 0.1) is 5.69 Å². The van der Waals surface area contributed by atoms with Gasteiger partial charge >= 0.3 is 6.03 Å². The van der Waals surface area contributed by atoms with Gasteiger partial charge in [0.1, 0.15) is 17.5 Å². The Balaban J connectivity index is 1.81. The van der Waals surface area contributed by atoms with E-state index in [1.807, 2.05) is 0 Å². The van der Waals surface area contributed by atoms with Gasteiger partial charge in [0.15, 0.2) is 0 Å². The van der Waals surface area contributed by atoms with Gasteiger partial charge in [-0.2, -0.15) is 0 Å². The maximum absolute atomic E-state index is 13.6. The van der Waals surface area contributed by atoms with Crippen molar-refractivity contribution in [3.05, 3.63) is 82.7 Å². The van der Waals surface area contributed by atoms with Crippen molar-refractivity contribution < 1.29 is 18.0 Å². The van der Waals surface area contributed by atoms with Crippen LogP contribution in [0.3, 0.4) is 0 Å². The minimum atomic E-state index is -0.968. The first-order valence-electron chi connectivity index (χ1n) is 7.31. The fourth-order valence-corrected chi connectivity index (χ4v) is 2.15. The van der Waals surface area contributed by atoms with Crippen molar-refractivity contribution >= 4 is 17.5 Å². The van der Waals surface area contributed by atoms with Crippen molar-refractivity contribution in [2.75, 3.05) is 10.6 Å². The second kappa shape index (κ2) is 7.09. The van der Waals surface area contributed by atoms with Crippen LogP contribution in [0.25, 0.3) is 5.69 Å². The fraction of sp³-hybridized carbons (Fsp3) is 0. The Morgan fingerprint density at radius 3 is 2.35 bits per heavy atom. The van der Waals surface area contributed by atoms with Gasteiger partial charge in [0, 0.05) is 24.1 Å². The number of urea groups is 1. The lowest BCUT2D eigenvalue weighted by Gasteiger charge is -2.10. The van der Waals surface area contributed by atoms with Crippen molar-refractivity contribution in [3.8, 4) is 5.69 Å².